The maximum atomic E-state index is 15.3. The molecule has 8 aliphatic rings. The number of benzene rings is 6. The summed E-state index contributed by atoms with van der Waals surface area (Å²) in [4.78, 5) is 45.2. The first kappa shape index (κ1) is 78.5. The number of carbonyl (C=O) groups excluding carboxylic acids is 3. The van der Waals surface area contributed by atoms with E-state index in [1.54, 1.807) is 45.0 Å². The summed E-state index contributed by atoms with van der Waals surface area (Å²) in [5, 5.41) is 3.19. The van der Waals surface area contributed by atoms with E-state index in [4.69, 9.17) is 80.5 Å². The van der Waals surface area contributed by atoms with E-state index in [0.717, 1.165) is 79.2 Å². The summed E-state index contributed by atoms with van der Waals surface area (Å²) >= 11 is 0. The molecule has 8 fully saturated rings. The minimum Gasteiger partial charge on any atom is -0.459 e. The lowest BCUT2D eigenvalue weighted by molar-refractivity contribution is -0.370. The number of fused-ring (bicyclic) bond motifs is 3. The number of hydrogen-bond acceptors (Lipinski definition) is 20. The lowest BCUT2D eigenvalue weighted by Gasteiger charge is -2.51. The van der Waals surface area contributed by atoms with Crippen molar-refractivity contribution in [2.24, 2.45) is 17.8 Å². The molecule has 4 aliphatic carbocycles. The fraction of sp³-hybridized carbons (Fsp3) is 0.557. The van der Waals surface area contributed by atoms with Gasteiger partial charge in [0.05, 0.1) is 45.2 Å². The number of ether oxygens (including phenoxy) is 17. The highest BCUT2D eigenvalue weighted by Gasteiger charge is 2.69. The Balaban J connectivity index is 0.902. The van der Waals surface area contributed by atoms with Gasteiger partial charge < -0.3 is 85.8 Å². The molecule has 21 heteroatoms. The van der Waals surface area contributed by atoms with Crippen LogP contribution in [0.1, 0.15) is 163 Å². The molecule has 1 N–H and O–H groups in total. The highest BCUT2D eigenvalue weighted by atomic mass is 16.8. The molecule has 6 aromatic carbocycles. The molecule has 4 heterocycles. The average Bonchev–Trinajstić information content (AvgIpc) is 1.56. The minimum absolute atomic E-state index is 0.0139. The number of esters is 1. The van der Waals surface area contributed by atoms with Crippen molar-refractivity contribution in [2.75, 3.05) is 13.2 Å². The van der Waals surface area contributed by atoms with Gasteiger partial charge in [0, 0.05) is 25.7 Å². The van der Waals surface area contributed by atoms with E-state index in [-0.39, 0.29) is 57.0 Å². The van der Waals surface area contributed by atoms with Crippen molar-refractivity contribution in [3.05, 3.63) is 215 Å². The summed E-state index contributed by atoms with van der Waals surface area (Å²) in [5.74, 6) is -2.13. The molecule has 21 nitrogen and oxygen atoms in total. The first-order valence-corrected chi connectivity index (χ1v) is 39.7. The van der Waals surface area contributed by atoms with Crippen molar-refractivity contribution < 1.29 is 94.9 Å². The van der Waals surface area contributed by atoms with Gasteiger partial charge in [-0.15, -0.1) is 0 Å². The Morgan fingerprint density at radius 3 is 1.42 bits per heavy atom. The topological polar surface area (TPSA) is 220 Å². The molecule has 1 amide bonds. The van der Waals surface area contributed by atoms with Crippen LogP contribution in [0.25, 0.3) is 0 Å². The van der Waals surface area contributed by atoms with Crippen LogP contribution in [0.15, 0.2) is 182 Å². The molecule has 586 valence electrons. The Hall–Kier alpha value is -7.19. The number of amides is 1. The van der Waals surface area contributed by atoms with E-state index in [2.05, 4.69) is 26.1 Å². The number of alkyl carbamates (subject to hydrolysis) is 1. The van der Waals surface area contributed by atoms with Crippen molar-refractivity contribution in [3.63, 3.8) is 0 Å². The van der Waals surface area contributed by atoms with Gasteiger partial charge in [0.25, 0.3) is 0 Å². The van der Waals surface area contributed by atoms with Crippen LogP contribution in [0, 0.1) is 17.8 Å². The van der Waals surface area contributed by atoms with E-state index < -0.39 is 146 Å². The molecule has 0 bridgehead atoms. The molecule has 0 aromatic heterocycles. The van der Waals surface area contributed by atoms with Gasteiger partial charge in [-0.25, -0.2) is 14.4 Å². The van der Waals surface area contributed by atoms with Crippen LogP contribution in [-0.2, 0) is 114 Å². The molecular formula is C88H109NO20. The SMILES string of the molecule is CC(C)[C@@H]1CC[C@@H](C)C[C@H]1OC(=O)O[C@H]1[C@H](O[C@H]2O[C@H](COC(=O)c3ccccc3)[C@@H](O[C@H]3O[C@H](COCc4ccccc4)[C@@H](OCc4ccccc4)[C@H](OCc4ccccc4)[C@@H]3OCc3ccccc3)[C@H](OCc3ccccc3)[C@H]2NC(=O)OC(C)(C)C)[C@H]2OC3(CCCCC3)O[C@@H]2[C@H]2OC3(CCCCC3)O[C@@H]12. The van der Waals surface area contributed by atoms with Crippen LogP contribution >= 0.6 is 0 Å². The van der Waals surface area contributed by atoms with Gasteiger partial charge in [0.15, 0.2) is 30.3 Å². The summed E-state index contributed by atoms with van der Waals surface area (Å²) < 4.78 is 122. The standard InChI is InChI=1S/C88H109NO20/c1-57(2)65-44-43-58(3)49-66(65)101-85(92)104-75-74(76-78(107-87(105-76)45-27-13-28-46-87)79-77(75)106-88(108-79)47-29-14-30-48-88)103-82-69(89-84(91)109-86(4,5)6)72(95-52-61-35-19-9-20-36-61)71(68(99-82)56-98-81(90)64-41-25-12-26-42-64)102-83-80(97-54-63-39-23-11-24-40-63)73(96-53-62-37-21-10-22-38-62)70(94-51-60-33-17-8-18-34-60)67(100-83)55-93-50-59-31-15-7-16-32-59/h7-12,15-26,31-42,57-58,65-80,82-83H,13-14,27-30,43-56H2,1-6H3,(H,89,91)/t58-,65+,66-,67-,68-,69-,70-,71-,72-,73+,74+,75+,76-,77+,78+,79+,80+,82-,83-/m1/s1. The zero-order valence-electron chi connectivity index (χ0n) is 63.7. The fourth-order valence-corrected chi connectivity index (χ4v) is 17.0. The first-order chi connectivity index (χ1) is 53.0. The second-order valence-corrected chi connectivity index (χ2v) is 32.1. The zero-order chi connectivity index (χ0) is 75.3. The van der Waals surface area contributed by atoms with Gasteiger partial charge in [0.2, 0.25) is 0 Å². The van der Waals surface area contributed by atoms with Crippen molar-refractivity contribution in [2.45, 2.75) is 279 Å². The molecule has 2 spiro atoms. The van der Waals surface area contributed by atoms with Crippen molar-refractivity contribution in [3.8, 4) is 0 Å². The van der Waals surface area contributed by atoms with Gasteiger partial charge in [0.1, 0.15) is 97.6 Å². The number of nitrogens with one attached hydrogen (secondary N) is 1. The average molecular weight is 1500 g/mol. The van der Waals surface area contributed by atoms with Crippen molar-refractivity contribution in [1.29, 1.82) is 0 Å². The molecular weight excluding hydrogens is 1390 g/mol. The Morgan fingerprint density at radius 2 is 0.908 bits per heavy atom. The second-order valence-electron chi connectivity index (χ2n) is 32.1. The van der Waals surface area contributed by atoms with Crippen LogP contribution in [0.3, 0.4) is 0 Å². The molecule has 0 unspecified atom stereocenters. The van der Waals surface area contributed by atoms with Crippen LogP contribution < -0.4 is 5.32 Å². The lowest BCUT2D eigenvalue weighted by Crippen LogP contribution is -2.71. The smallest absolute Gasteiger partial charge is 0.459 e. The first-order valence-electron chi connectivity index (χ1n) is 39.7. The molecule has 4 saturated heterocycles. The van der Waals surface area contributed by atoms with Gasteiger partial charge in [-0.05, 0) is 117 Å². The Morgan fingerprint density at radius 1 is 0.468 bits per heavy atom. The summed E-state index contributed by atoms with van der Waals surface area (Å²) in [6.45, 7) is 11.8. The normalized spacial score (nSPS) is 31.3. The molecule has 6 aromatic rings. The van der Waals surface area contributed by atoms with Crippen LogP contribution in [-0.4, -0.2) is 153 Å². The number of hydrogen-bond donors (Lipinski definition) is 1. The van der Waals surface area contributed by atoms with Gasteiger partial charge in [-0.2, -0.15) is 0 Å². The van der Waals surface area contributed by atoms with Gasteiger partial charge in [-0.3, -0.25) is 0 Å². The monoisotopic (exact) mass is 1500 g/mol. The number of carbonyl (C=O) groups is 3. The summed E-state index contributed by atoms with van der Waals surface area (Å²) in [7, 11) is 0. The molecule has 0 radical (unpaired) electrons. The summed E-state index contributed by atoms with van der Waals surface area (Å²) in [6.07, 6.45) is -9.06. The van der Waals surface area contributed by atoms with Gasteiger partial charge in [-0.1, -0.05) is 210 Å². The molecule has 19 atom stereocenters. The van der Waals surface area contributed by atoms with E-state index in [9.17, 15) is 4.79 Å². The highest BCUT2D eigenvalue weighted by Crippen LogP contribution is 2.54. The largest absolute Gasteiger partial charge is 0.509 e. The van der Waals surface area contributed by atoms with Gasteiger partial charge >= 0.3 is 18.2 Å². The van der Waals surface area contributed by atoms with E-state index in [0.29, 0.717) is 38.0 Å². The van der Waals surface area contributed by atoms with Crippen LogP contribution in [0.5, 0.6) is 0 Å². The lowest BCUT2D eigenvalue weighted by atomic mass is 9.75. The molecule has 4 aliphatic heterocycles. The predicted molar refractivity (Wildman–Crippen MR) is 401 cm³/mol. The Labute approximate surface area is 641 Å². The third-order valence-corrected chi connectivity index (χ3v) is 22.4. The zero-order valence-corrected chi connectivity index (χ0v) is 63.7. The van der Waals surface area contributed by atoms with Crippen molar-refractivity contribution in [1.82, 2.24) is 5.32 Å². The van der Waals surface area contributed by atoms with E-state index in [1.165, 1.54) is 0 Å². The summed E-state index contributed by atoms with van der Waals surface area (Å²) in [5.41, 5.74) is 3.59. The quantitative estimate of drug-likeness (QED) is 0.0374. The van der Waals surface area contributed by atoms with E-state index in [1.807, 2.05) is 158 Å². The Kier molecular flexibility index (Phi) is 26.3. The minimum atomic E-state index is -1.62. The van der Waals surface area contributed by atoms with Crippen LogP contribution in [0.4, 0.5) is 9.59 Å². The number of rotatable bonds is 27. The van der Waals surface area contributed by atoms with Crippen molar-refractivity contribution >= 4 is 18.2 Å². The fourth-order valence-electron chi connectivity index (χ4n) is 17.0. The summed E-state index contributed by atoms with van der Waals surface area (Å²) in [6, 6.07) is 56.2. The molecule has 109 heavy (non-hydrogen) atoms. The Bertz CT molecular complexity index is 3790. The molecule has 14 rings (SSSR count). The van der Waals surface area contributed by atoms with Crippen LogP contribution in [0.2, 0.25) is 0 Å². The third kappa shape index (κ3) is 20.0. The van der Waals surface area contributed by atoms with E-state index >= 15 is 9.59 Å². The highest BCUT2D eigenvalue weighted by molar-refractivity contribution is 5.89. The predicted octanol–water partition coefficient (Wildman–Crippen LogP) is 15.4. The maximum absolute atomic E-state index is 15.3. The maximum Gasteiger partial charge on any atom is 0.509 e. The third-order valence-electron chi connectivity index (χ3n) is 22.4. The molecule has 4 saturated carbocycles. The second kappa shape index (κ2) is 36.5.